The highest BCUT2D eigenvalue weighted by atomic mass is 16.5. The van der Waals surface area contributed by atoms with E-state index in [4.69, 9.17) is 9.47 Å². The second kappa shape index (κ2) is 25.0. The van der Waals surface area contributed by atoms with E-state index in [2.05, 4.69) is 422 Å². The van der Waals surface area contributed by atoms with Gasteiger partial charge in [-0.25, -0.2) is 0 Å². The summed E-state index contributed by atoms with van der Waals surface area (Å²) in [7, 11) is 0. The monoisotopic (exact) mass is 1420 g/mol. The Morgan fingerprint density at radius 1 is 0.170 bits per heavy atom. The van der Waals surface area contributed by atoms with Crippen LogP contribution in [-0.4, -0.2) is 0 Å². The van der Waals surface area contributed by atoms with Crippen molar-refractivity contribution in [3.05, 3.63) is 457 Å². The maximum atomic E-state index is 7.07. The second-order valence-electron chi connectivity index (χ2n) is 30.1. The molecule has 0 atom stereocenters. The zero-order valence-electron chi connectivity index (χ0n) is 61.0. The van der Waals surface area contributed by atoms with Crippen molar-refractivity contribution in [2.24, 2.45) is 0 Å². The zero-order chi connectivity index (χ0) is 73.6. The third-order valence-electron chi connectivity index (χ3n) is 24.3. The third-order valence-corrected chi connectivity index (χ3v) is 24.3. The number of benzene rings is 19. The first kappa shape index (κ1) is 63.5. The van der Waals surface area contributed by atoms with E-state index in [0.29, 0.717) is 0 Å². The molecule has 0 N–H and O–H groups in total. The lowest BCUT2D eigenvalue weighted by molar-refractivity contribution is 0.436. The molecule has 112 heavy (non-hydrogen) atoms. The fourth-order valence-corrected chi connectivity index (χ4v) is 19.5. The van der Waals surface area contributed by atoms with Crippen LogP contribution in [0, 0.1) is 0 Å². The van der Waals surface area contributed by atoms with Crippen molar-refractivity contribution in [3.8, 4) is 89.8 Å². The van der Waals surface area contributed by atoms with E-state index >= 15 is 0 Å². The summed E-state index contributed by atoms with van der Waals surface area (Å²) in [5.74, 6) is 3.51. The van der Waals surface area contributed by atoms with E-state index < -0.39 is 10.8 Å². The molecule has 0 aromatic heterocycles. The molecule has 4 nitrogen and oxygen atoms in total. The summed E-state index contributed by atoms with van der Waals surface area (Å²) in [6.45, 7) is 0. The van der Waals surface area contributed by atoms with Gasteiger partial charge in [0.2, 0.25) is 0 Å². The summed E-state index contributed by atoms with van der Waals surface area (Å²) in [6.07, 6.45) is 0. The smallest absolute Gasteiger partial charge is 0.132 e. The van der Waals surface area contributed by atoms with Crippen molar-refractivity contribution in [3.63, 3.8) is 0 Å². The Labute approximate surface area is 649 Å². The molecule has 0 radical (unpaired) electrons. The lowest BCUT2D eigenvalue weighted by atomic mass is 9.66. The summed E-state index contributed by atoms with van der Waals surface area (Å²) < 4.78 is 13.8. The van der Waals surface area contributed by atoms with Gasteiger partial charge in [-0.1, -0.05) is 309 Å². The number of ether oxygens (including phenoxy) is 2. The SMILES string of the molecule is c1ccc(N(c2ccc3cc(-c4ccc(-c5ccc(N(c6cccc(-c7ccc8c(c7)C7(c9ccccc9Oc9ccccc97)c7ccccc7-8)c6)c6ccc7c(ccc8ccccc87)c6)cc5)cc4)c4ccccc4c3c2)c2ccccc2-c2ccc3c(c2)Oc2ccccc2C32c3ccccc3-c3ccccc32)cc1. The van der Waals surface area contributed by atoms with Crippen LogP contribution in [0.25, 0.3) is 110 Å². The van der Waals surface area contributed by atoms with E-state index in [1.165, 1.54) is 93.2 Å². The van der Waals surface area contributed by atoms with Gasteiger partial charge < -0.3 is 19.3 Å². The largest absolute Gasteiger partial charge is 0.457 e. The summed E-state index contributed by atoms with van der Waals surface area (Å²) in [4.78, 5) is 4.83. The Morgan fingerprint density at radius 2 is 0.598 bits per heavy atom. The molecule has 2 heterocycles. The number of fused-ring (bicyclic) bond motifs is 24. The van der Waals surface area contributed by atoms with Crippen LogP contribution in [-0.2, 0) is 10.8 Å². The van der Waals surface area contributed by atoms with Gasteiger partial charge in [-0.05, 0) is 230 Å². The first-order valence-electron chi connectivity index (χ1n) is 38.7. The number of hydrogen-bond acceptors (Lipinski definition) is 4. The molecule has 0 unspecified atom stereocenters. The predicted molar refractivity (Wildman–Crippen MR) is 462 cm³/mol. The molecule has 0 amide bonds. The summed E-state index contributed by atoms with van der Waals surface area (Å²) in [6, 6.07) is 152. The molecule has 522 valence electrons. The van der Waals surface area contributed by atoms with Crippen LogP contribution < -0.4 is 19.3 Å². The Kier molecular flexibility index (Phi) is 14.2. The molecule has 19 aromatic carbocycles. The highest BCUT2D eigenvalue weighted by Gasteiger charge is 2.53. The van der Waals surface area contributed by atoms with Crippen molar-refractivity contribution < 1.29 is 9.47 Å². The fraction of sp³-hybridized carbons (Fsp3) is 0.0185. The molecule has 4 heteroatoms. The van der Waals surface area contributed by atoms with Crippen LogP contribution in [0.1, 0.15) is 44.5 Å². The van der Waals surface area contributed by atoms with Gasteiger partial charge in [-0.3, -0.25) is 0 Å². The van der Waals surface area contributed by atoms with E-state index in [9.17, 15) is 0 Å². The minimum atomic E-state index is -0.574. The number of para-hydroxylation sites is 5. The van der Waals surface area contributed by atoms with Gasteiger partial charge in [0.1, 0.15) is 23.0 Å². The van der Waals surface area contributed by atoms with Gasteiger partial charge in [-0.2, -0.15) is 0 Å². The van der Waals surface area contributed by atoms with Crippen LogP contribution in [0.2, 0.25) is 0 Å². The number of nitrogens with zero attached hydrogens (tertiary/aromatic N) is 2. The molecule has 4 aliphatic rings. The van der Waals surface area contributed by atoms with Gasteiger partial charge in [0, 0.05) is 56.3 Å². The van der Waals surface area contributed by atoms with Crippen molar-refractivity contribution in [2.75, 3.05) is 9.80 Å². The second-order valence-corrected chi connectivity index (χ2v) is 30.1. The van der Waals surface area contributed by atoms with Gasteiger partial charge in [0.15, 0.2) is 0 Å². The van der Waals surface area contributed by atoms with Crippen LogP contribution in [0.15, 0.2) is 413 Å². The molecule has 19 aromatic rings. The Hall–Kier alpha value is -14.6. The molecular formula is C108H68N2O2. The van der Waals surface area contributed by atoms with E-state index in [0.717, 1.165) is 118 Å². The third kappa shape index (κ3) is 9.49. The number of rotatable bonds is 10. The lowest BCUT2D eigenvalue weighted by Crippen LogP contribution is -2.32. The quantitative estimate of drug-likeness (QED) is 0.127. The molecule has 0 fully saturated rings. The zero-order valence-corrected chi connectivity index (χ0v) is 61.0. The molecule has 2 spiro atoms. The Balaban J connectivity index is 0.586. The first-order valence-corrected chi connectivity index (χ1v) is 38.7. The standard InChI is InChI=1S/C108H68N2O2/c1-2-25-78(26-3-1)110(102-41-18-11-29-85(102)77-55-62-100-106(67-77)112-105-44-21-15-38-97(105)107(100)94-35-12-8-32-88(94)89-33-9-13-36-95(89)107)82-58-53-76-65-92(86-30-6-7-31-87(86)93(76)68-82)72-47-45-69(46-48-72)70-51-56-79(57-52-70)109(81-59-61-84-75(64-81)50-49-71-23-4-5-28-83(71)84)80-27-22-24-73(63-80)74-54-60-91-90-34-10-14-37-96(90)108(101(91)66-74)98-39-16-19-42-103(98)111-104-43-20-17-40-99(104)108/h1-68H. The summed E-state index contributed by atoms with van der Waals surface area (Å²) in [5.41, 5.74) is 29.1. The number of hydrogen-bond donors (Lipinski definition) is 0. The average molecular weight is 1430 g/mol. The maximum absolute atomic E-state index is 7.07. The lowest BCUT2D eigenvalue weighted by Gasteiger charge is -2.39. The highest BCUT2D eigenvalue weighted by molar-refractivity contribution is 6.15. The van der Waals surface area contributed by atoms with Crippen molar-refractivity contribution in [1.82, 2.24) is 0 Å². The van der Waals surface area contributed by atoms with Crippen LogP contribution >= 0.6 is 0 Å². The van der Waals surface area contributed by atoms with E-state index in [-0.39, 0.29) is 0 Å². The molecular weight excluding hydrogens is 1360 g/mol. The molecule has 0 saturated carbocycles. The van der Waals surface area contributed by atoms with Crippen molar-refractivity contribution >= 4 is 77.2 Å². The topological polar surface area (TPSA) is 24.9 Å². The van der Waals surface area contributed by atoms with Crippen LogP contribution in [0.3, 0.4) is 0 Å². The average Bonchev–Trinajstić information content (AvgIpc) is 1.57. The van der Waals surface area contributed by atoms with Gasteiger partial charge in [0.05, 0.1) is 16.5 Å². The number of anilines is 6. The highest BCUT2D eigenvalue weighted by Crippen LogP contribution is 2.65. The molecule has 0 bridgehead atoms. The Bertz CT molecular complexity index is 7010. The summed E-state index contributed by atoms with van der Waals surface area (Å²) >= 11 is 0. The normalized spacial score (nSPS) is 13.3. The molecule has 2 aliphatic heterocycles. The molecule has 0 saturated heterocycles. The molecule has 2 aliphatic carbocycles. The van der Waals surface area contributed by atoms with Gasteiger partial charge in [-0.15, -0.1) is 0 Å². The van der Waals surface area contributed by atoms with E-state index in [1.807, 2.05) is 0 Å². The van der Waals surface area contributed by atoms with Crippen molar-refractivity contribution in [2.45, 2.75) is 10.8 Å². The van der Waals surface area contributed by atoms with Gasteiger partial charge >= 0.3 is 0 Å². The van der Waals surface area contributed by atoms with Gasteiger partial charge in [0.25, 0.3) is 0 Å². The predicted octanol–water partition coefficient (Wildman–Crippen LogP) is 28.8. The van der Waals surface area contributed by atoms with Crippen molar-refractivity contribution in [1.29, 1.82) is 0 Å². The molecule has 23 rings (SSSR count). The minimum absolute atomic E-state index is 0.545. The first-order chi connectivity index (χ1) is 55.5. The fourth-order valence-electron chi connectivity index (χ4n) is 19.5. The van der Waals surface area contributed by atoms with E-state index in [1.54, 1.807) is 0 Å². The van der Waals surface area contributed by atoms with Crippen LogP contribution in [0.5, 0.6) is 23.0 Å². The Morgan fingerprint density at radius 3 is 1.29 bits per heavy atom. The minimum Gasteiger partial charge on any atom is -0.457 e. The maximum Gasteiger partial charge on any atom is 0.132 e. The summed E-state index contributed by atoms with van der Waals surface area (Å²) in [5, 5.41) is 9.65. The van der Waals surface area contributed by atoms with Crippen LogP contribution in [0.4, 0.5) is 34.1 Å².